The van der Waals surface area contributed by atoms with E-state index in [2.05, 4.69) is 39.2 Å². The SMILES string of the molecule is C=C(C)C(=O)O[C@@]1(C#CC(C)(C)OOC(C)(C)CC)C[C@H]2CC[C@@]1(C)C2(C)C. The van der Waals surface area contributed by atoms with E-state index < -0.39 is 11.2 Å². The molecule has 0 unspecified atom stereocenters. The van der Waals surface area contributed by atoms with E-state index in [1.807, 2.05) is 34.6 Å². The monoisotopic (exact) mass is 390 g/mol. The van der Waals surface area contributed by atoms with Crippen LogP contribution >= 0.6 is 0 Å². The van der Waals surface area contributed by atoms with Gasteiger partial charge in [-0.15, -0.1) is 0 Å². The molecule has 4 nitrogen and oxygen atoms in total. The van der Waals surface area contributed by atoms with Gasteiger partial charge in [0.1, 0.15) is 0 Å². The Morgan fingerprint density at radius 2 is 1.79 bits per heavy atom. The van der Waals surface area contributed by atoms with Crippen molar-refractivity contribution in [2.24, 2.45) is 16.7 Å². The second kappa shape index (κ2) is 7.18. The predicted octanol–water partition coefficient (Wildman–Crippen LogP) is 5.61. The highest BCUT2D eigenvalue weighted by molar-refractivity contribution is 5.87. The van der Waals surface area contributed by atoms with Gasteiger partial charge in [-0.3, -0.25) is 0 Å². The molecule has 0 aromatic rings. The standard InChI is InChI=1S/C24H38O4/c1-11-20(4,5)27-28-21(6,7)14-15-24(26-19(25)17(2)3)16-18-12-13-23(24,10)22(18,8)9/h18H,2,11-13,16H2,1,3-10H3/t18-,23+,24+/m1/s1. The van der Waals surface area contributed by atoms with Crippen molar-refractivity contribution in [2.45, 2.75) is 105 Å². The fraction of sp³-hybridized carbons (Fsp3) is 0.792. The maximum atomic E-state index is 12.5. The number of carbonyl (C=O) groups is 1. The molecule has 0 aliphatic heterocycles. The number of esters is 1. The Morgan fingerprint density at radius 1 is 1.18 bits per heavy atom. The zero-order valence-electron chi connectivity index (χ0n) is 19.2. The van der Waals surface area contributed by atoms with Crippen LogP contribution in [-0.4, -0.2) is 22.8 Å². The molecule has 2 fully saturated rings. The maximum absolute atomic E-state index is 12.5. The Hall–Kier alpha value is -1.31. The second-order valence-electron chi connectivity index (χ2n) is 10.5. The Kier molecular flexibility index (Phi) is 5.89. The molecule has 2 saturated carbocycles. The van der Waals surface area contributed by atoms with Crippen molar-refractivity contribution in [3.05, 3.63) is 12.2 Å². The lowest BCUT2D eigenvalue weighted by Gasteiger charge is -2.44. The average Bonchev–Trinajstić information content (AvgIpc) is 2.91. The van der Waals surface area contributed by atoms with Gasteiger partial charge >= 0.3 is 5.97 Å². The molecule has 2 aliphatic rings. The van der Waals surface area contributed by atoms with Gasteiger partial charge in [-0.1, -0.05) is 46.1 Å². The molecule has 0 radical (unpaired) electrons. The lowest BCUT2D eigenvalue weighted by Crippen LogP contribution is -2.50. The first kappa shape index (κ1) is 23.0. The molecule has 0 heterocycles. The summed E-state index contributed by atoms with van der Waals surface area (Å²) in [5, 5.41) is 0. The number of ether oxygens (including phenoxy) is 1. The fourth-order valence-electron chi connectivity index (χ4n) is 4.41. The normalized spacial score (nSPS) is 31.2. The van der Waals surface area contributed by atoms with Crippen molar-refractivity contribution in [3.8, 4) is 11.8 Å². The highest BCUT2D eigenvalue weighted by Gasteiger charge is 2.70. The van der Waals surface area contributed by atoms with Crippen LogP contribution < -0.4 is 0 Å². The Balaban J connectivity index is 2.38. The Bertz CT molecular complexity index is 706. The largest absolute Gasteiger partial charge is 0.442 e. The van der Waals surface area contributed by atoms with Crippen LogP contribution in [0.3, 0.4) is 0 Å². The van der Waals surface area contributed by atoms with Crippen molar-refractivity contribution in [1.82, 2.24) is 0 Å². The summed E-state index contributed by atoms with van der Waals surface area (Å²) in [4.78, 5) is 23.8. The number of hydrogen-bond donors (Lipinski definition) is 0. The number of hydrogen-bond acceptors (Lipinski definition) is 4. The zero-order chi connectivity index (χ0) is 21.6. The van der Waals surface area contributed by atoms with E-state index in [0.29, 0.717) is 11.5 Å². The topological polar surface area (TPSA) is 44.8 Å². The minimum absolute atomic E-state index is 0.0444. The summed E-state index contributed by atoms with van der Waals surface area (Å²) in [5.41, 5.74) is -1.82. The van der Waals surface area contributed by atoms with E-state index in [1.54, 1.807) is 6.92 Å². The minimum atomic E-state index is -0.837. The van der Waals surface area contributed by atoms with Crippen LogP contribution in [0.1, 0.15) is 88.0 Å². The number of rotatable bonds is 6. The molecule has 158 valence electrons. The van der Waals surface area contributed by atoms with Gasteiger partial charge in [-0.2, -0.15) is 0 Å². The van der Waals surface area contributed by atoms with Crippen LogP contribution in [0, 0.1) is 28.6 Å². The molecule has 2 bridgehead atoms. The highest BCUT2D eigenvalue weighted by Crippen LogP contribution is 2.70. The summed E-state index contributed by atoms with van der Waals surface area (Å²) in [6.45, 7) is 22.0. The lowest BCUT2D eigenvalue weighted by atomic mass is 9.64. The molecule has 0 saturated heterocycles. The molecular formula is C24H38O4. The summed E-state index contributed by atoms with van der Waals surface area (Å²) in [6.07, 6.45) is 3.71. The Labute approximate surface area is 171 Å². The summed E-state index contributed by atoms with van der Waals surface area (Å²) in [5.74, 6) is 6.69. The summed E-state index contributed by atoms with van der Waals surface area (Å²) >= 11 is 0. The molecule has 28 heavy (non-hydrogen) atoms. The van der Waals surface area contributed by atoms with E-state index in [9.17, 15) is 4.79 Å². The minimum Gasteiger partial charge on any atom is -0.442 e. The third-order valence-electron chi connectivity index (χ3n) is 7.37. The number of fused-ring (bicyclic) bond motifs is 2. The van der Waals surface area contributed by atoms with Gasteiger partial charge in [0.15, 0.2) is 11.2 Å². The van der Waals surface area contributed by atoms with Crippen LogP contribution in [0.5, 0.6) is 0 Å². The van der Waals surface area contributed by atoms with E-state index in [4.69, 9.17) is 14.5 Å². The quantitative estimate of drug-likeness (QED) is 0.194. The molecule has 3 atom stereocenters. The molecule has 2 rings (SSSR count). The molecule has 0 amide bonds. The Morgan fingerprint density at radius 3 is 2.21 bits per heavy atom. The summed E-state index contributed by atoms with van der Waals surface area (Å²) in [6, 6.07) is 0. The van der Waals surface area contributed by atoms with Crippen molar-refractivity contribution >= 4 is 5.97 Å². The smallest absolute Gasteiger partial charge is 0.334 e. The van der Waals surface area contributed by atoms with Crippen molar-refractivity contribution in [3.63, 3.8) is 0 Å². The maximum Gasteiger partial charge on any atom is 0.334 e. The van der Waals surface area contributed by atoms with Crippen LogP contribution in [0.2, 0.25) is 0 Å². The molecular weight excluding hydrogens is 352 g/mol. The van der Waals surface area contributed by atoms with Crippen LogP contribution in [-0.2, 0) is 19.3 Å². The first-order valence-corrected chi connectivity index (χ1v) is 10.4. The van der Waals surface area contributed by atoms with E-state index >= 15 is 0 Å². The van der Waals surface area contributed by atoms with Crippen molar-refractivity contribution in [2.75, 3.05) is 0 Å². The third kappa shape index (κ3) is 3.89. The molecule has 4 heteroatoms. The van der Waals surface area contributed by atoms with Gasteiger partial charge < -0.3 is 4.74 Å². The highest BCUT2D eigenvalue weighted by atomic mass is 17.2. The zero-order valence-corrected chi connectivity index (χ0v) is 19.2. The van der Waals surface area contributed by atoms with Gasteiger partial charge in [0.05, 0.1) is 5.60 Å². The summed E-state index contributed by atoms with van der Waals surface area (Å²) in [7, 11) is 0. The molecule has 2 aliphatic carbocycles. The van der Waals surface area contributed by atoms with Crippen LogP contribution in [0.25, 0.3) is 0 Å². The van der Waals surface area contributed by atoms with E-state index in [-0.39, 0.29) is 22.4 Å². The summed E-state index contributed by atoms with van der Waals surface area (Å²) < 4.78 is 6.09. The predicted molar refractivity (Wildman–Crippen MR) is 111 cm³/mol. The van der Waals surface area contributed by atoms with Gasteiger partial charge in [-0.05, 0) is 65.2 Å². The fourth-order valence-corrected chi connectivity index (χ4v) is 4.41. The van der Waals surface area contributed by atoms with E-state index in [0.717, 1.165) is 25.7 Å². The second-order valence-corrected chi connectivity index (χ2v) is 10.5. The van der Waals surface area contributed by atoms with Crippen LogP contribution in [0.15, 0.2) is 12.2 Å². The van der Waals surface area contributed by atoms with Crippen LogP contribution in [0.4, 0.5) is 0 Å². The van der Waals surface area contributed by atoms with Gasteiger partial charge in [-0.25, -0.2) is 14.6 Å². The first-order valence-electron chi connectivity index (χ1n) is 10.4. The van der Waals surface area contributed by atoms with Gasteiger partial charge in [0.2, 0.25) is 0 Å². The van der Waals surface area contributed by atoms with Crippen molar-refractivity contribution in [1.29, 1.82) is 0 Å². The van der Waals surface area contributed by atoms with Gasteiger partial charge in [0.25, 0.3) is 0 Å². The lowest BCUT2D eigenvalue weighted by molar-refractivity contribution is -0.388. The van der Waals surface area contributed by atoms with Crippen molar-refractivity contribution < 1.29 is 19.3 Å². The molecule has 0 spiro atoms. The molecule has 0 aromatic heterocycles. The molecule has 0 N–H and O–H groups in total. The third-order valence-corrected chi connectivity index (χ3v) is 7.37. The average molecular weight is 391 g/mol. The van der Waals surface area contributed by atoms with Gasteiger partial charge in [0, 0.05) is 17.4 Å². The number of carbonyl (C=O) groups excluding carboxylic acids is 1. The van der Waals surface area contributed by atoms with E-state index in [1.165, 1.54) is 0 Å². The first-order chi connectivity index (χ1) is 12.6. The molecule has 0 aromatic carbocycles.